The van der Waals surface area contributed by atoms with Crippen LogP contribution < -0.4 is 4.74 Å². The number of hydrogen-bond acceptors (Lipinski definition) is 3. The third-order valence-corrected chi connectivity index (χ3v) is 6.00. The van der Waals surface area contributed by atoms with Crippen molar-refractivity contribution in [3.05, 3.63) is 101 Å². The van der Waals surface area contributed by atoms with Gasteiger partial charge >= 0.3 is 5.97 Å². The first-order valence-electron chi connectivity index (χ1n) is 11.4. The zero-order chi connectivity index (χ0) is 23.9. The second-order valence-corrected chi connectivity index (χ2v) is 8.34. The van der Waals surface area contributed by atoms with Crippen molar-refractivity contribution < 1.29 is 19.4 Å². The number of amides is 1. The minimum atomic E-state index is -0.875. The topological polar surface area (TPSA) is 66.8 Å². The van der Waals surface area contributed by atoms with E-state index in [4.69, 9.17) is 9.84 Å². The molecule has 172 valence electrons. The van der Waals surface area contributed by atoms with E-state index in [9.17, 15) is 9.59 Å². The molecule has 0 bridgehead atoms. The molecule has 1 atom stereocenters. The van der Waals surface area contributed by atoms with Crippen LogP contribution in [0.15, 0.2) is 72.8 Å². The summed E-state index contributed by atoms with van der Waals surface area (Å²) in [6.07, 6.45) is 0.852. The van der Waals surface area contributed by atoms with E-state index < -0.39 is 5.97 Å². The van der Waals surface area contributed by atoms with Gasteiger partial charge in [0.15, 0.2) is 0 Å². The zero-order valence-electron chi connectivity index (χ0n) is 19.2. The number of fused-ring (bicyclic) bond motifs is 1. The SMILES string of the molecule is CC#CC(CC(=O)O)c1ccc(OCc2ccc(C(=O)N3CCc4ccccc4C3)cc2)cc1. The highest BCUT2D eigenvalue weighted by Crippen LogP contribution is 2.23. The van der Waals surface area contributed by atoms with Gasteiger partial charge in [0.2, 0.25) is 0 Å². The van der Waals surface area contributed by atoms with Crippen LogP contribution >= 0.6 is 0 Å². The first kappa shape index (κ1) is 23.1. The summed E-state index contributed by atoms with van der Waals surface area (Å²) < 4.78 is 5.88. The van der Waals surface area contributed by atoms with Crippen molar-refractivity contribution >= 4 is 11.9 Å². The number of hydrogen-bond donors (Lipinski definition) is 1. The molecule has 4 rings (SSSR count). The monoisotopic (exact) mass is 453 g/mol. The lowest BCUT2D eigenvalue weighted by molar-refractivity contribution is -0.137. The molecule has 1 aliphatic rings. The normalized spacial score (nSPS) is 13.3. The van der Waals surface area contributed by atoms with Crippen LogP contribution in [-0.4, -0.2) is 28.4 Å². The van der Waals surface area contributed by atoms with Crippen LogP contribution in [0.2, 0.25) is 0 Å². The third-order valence-electron chi connectivity index (χ3n) is 6.00. The molecule has 1 aliphatic heterocycles. The van der Waals surface area contributed by atoms with Crippen LogP contribution in [0, 0.1) is 11.8 Å². The standard InChI is InChI=1S/C29H27NO4/c1-2-5-25(18-28(31)32)23-12-14-27(15-13-23)34-20-21-8-10-24(11-9-21)29(33)30-17-16-22-6-3-4-7-26(22)19-30/h3-4,6-15,25H,16-20H2,1H3,(H,31,32). The van der Waals surface area contributed by atoms with Gasteiger partial charge in [0.25, 0.3) is 5.91 Å². The van der Waals surface area contributed by atoms with E-state index in [1.807, 2.05) is 65.6 Å². The van der Waals surface area contributed by atoms with Crippen LogP contribution in [0.1, 0.15) is 51.9 Å². The van der Waals surface area contributed by atoms with Crippen LogP contribution in [0.3, 0.4) is 0 Å². The number of rotatable bonds is 7. The molecular formula is C29H27NO4. The van der Waals surface area contributed by atoms with Gasteiger partial charge < -0.3 is 14.7 Å². The maximum atomic E-state index is 12.9. The molecule has 1 N–H and O–H groups in total. The summed E-state index contributed by atoms with van der Waals surface area (Å²) in [5, 5.41) is 9.09. The highest BCUT2D eigenvalue weighted by molar-refractivity contribution is 5.94. The number of carbonyl (C=O) groups is 2. The Morgan fingerprint density at radius 2 is 1.71 bits per heavy atom. The molecule has 1 amide bonds. The molecule has 0 saturated heterocycles. The number of nitrogens with zero attached hydrogens (tertiary/aromatic N) is 1. The summed E-state index contributed by atoms with van der Waals surface area (Å²) in [4.78, 5) is 25.9. The molecule has 3 aromatic carbocycles. The molecule has 0 aliphatic carbocycles. The van der Waals surface area contributed by atoms with Gasteiger partial charge in [-0.05, 0) is 59.9 Å². The van der Waals surface area contributed by atoms with Gasteiger partial charge in [-0.25, -0.2) is 0 Å². The van der Waals surface area contributed by atoms with Crippen molar-refractivity contribution in [2.24, 2.45) is 0 Å². The molecule has 3 aromatic rings. The van der Waals surface area contributed by atoms with Crippen molar-refractivity contribution in [3.63, 3.8) is 0 Å². The molecule has 34 heavy (non-hydrogen) atoms. The van der Waals surface area contributed by atoms with Gasteiger partial charge in [-0.2, -0.15) is 0 Å². The van der Waals surface area contributed by atoms with E-state index in [1.54, 1.807) is 6.92 Å². The molecule has 0 saturated carbocycles. The highest BCUT2D eigenvalue weighted by atomic mass is 16.5. The van der Waals surface area contributed by atoms with Crippen molar-refractivity contribution in [1.29, 1.82) is 0 Å². The first-order valence-corrected chi connectivity index (χ1v) is 11.4. The highest BCUT2D eigenvalue weighted by Gasteiger charge is 2.21. The Balaban J connectivity index is 1.34. The lowest BCUT2D eigenvalue weighted by Gasteiger charge is -2.29. The fourth-order valence-electron chi connectivity index (χ4n) is 4.16. The third kappa shape index (κ3) is 5.65. The molecule has 5 heteroatoms. The Bertz CT molecular complexity index is 1220. The lowest BCUT2D eigenvalue weighted by atomic mass is 9.96. The van der Waals surface area contributed by atoms with E-state index >= 15 is 0 Å². The largest absolute Gasteiger partial charge is 0.489 e. The number of carboxylic acid groups (broad SMARTS) is 1. The Labute approximate surface area is 200 Å². The van der Waals surface area contributed by atoms with E-state index in [0.29, 0.717) is 24.5 Å². The van der Waals surface area contributed by atoms with Crippen LogP contribution in [0.4, 0.5) is 0 Å². The molecule has 0 aromatic heterocycles. The Hall–Kier alpha value is -4.04. The van der Waals surface area contributed by atoms with Gasteiger partial charge in [0.1, 0.15) is 12.4 Å². The molecule has 1 unspecified atom stereocenters. The lowest BCUT2D eigenvalue weighted by Crippen LogP contribution is -2.35. The minimum absolute atomic E-state index is 0.0317. The fraction of sp³-hybridized carbons (Fsp3) is 0.241. The second kappa shape index (κ2) is 10.7. The molecule has 0 radical (unpaired) electrons. The van der Waals surface area contributed by atoms with Crippen LogP contribution in [-0.2, 0) is 24.4 Å². The molecule has 0 spiro atoms. The Morgan fingerprint density at radius 3 is 2.38 bits per heavy atom. The van der Waals surface area contributed by atoms with E-state index in [-0.39, 0.29) is 18.2 Å². The van der Waals surface area contributed by atoms with E-state index in [1.165, 1.54) is 11.1 Å². The van der Waals surface area contributed by atoms with Crippen molar-refractivity contribution in [3.8, 4) is 17.6 Å². The average molecular weight is 454 g/mol. The quantitative estimate of drug-likeness (QED) is 0.509. The zero-order valence-corrected chi connectivity index (χ0v) is 19.2. The van der Waals surface area contributed by atoms with Gasteiger partial charge in [0, 0.05) is 18.7 Å². The van der Waals surface area contributed by atoms with Crippen LogP contribution in [0.5, 0.6) is 5.75 Å². The van der Waals surface area contributed by atoms with E-state index in [2.05, 4.69) is 24.0 Å². The maximum Gasteiger partial charge on any atom is 0.304 e. The molecule has 1 heterocycles. The van der Waals surface area contributed by atoms with Gasteiger partial charge in [-0.1, -0.05) is 54.5 Å². The minimum Gasteiger partial charge on any atom is -0.489 e. The first-order chi connectivity index (χ1) is 16.5. The predicted molar refractivity (Wildman–Crippen MR) is 131 cm³/mol. The van der Waals surface area contributed by atoms with Crippen molar-refractivity contribution in [2.75, 3.05) is 6.54 Å². The van der Waals surface area contributed by atoms with Gasteiger partial charge in [0.05, 0.1) is 12.3 Å². The number of aliphatic carboxylic acids is 1. The second-order valence-electron chi connectivity index (χ2n) is 8.34. The maximum absolute atomic E-state index is 12.9. The number of benzene rings is 3. The summed E-state index contributed by atoms with van der Waals surface area (Å²) >= 11 is 0. The summed E-state index contributed by atoms with van der Waals surface area (Å²) in [6, 6.07) is 23.2. The predicted octanol–water partition coefficient (Wildman–Crippen LogP) is 5.05. The Kier molecular flexibility index (Phi) is 7.29. The van der Waals surface area contributed by atoms with Gasteiger partial charge in [-0.15, -0.1) is 5.92 Å². The summed E-state index contributed by atoms with van der Waals surface area (Å²) in [7, 11) is 0. The number of carbonyl (C=O) groups excluding carboxylic acids is 1. The molecule has 5 nitrogen and oxygen atoms in total. The molecule has 0 fully saturated rings. The van der Waals surface area contributed by atoms with Crippen LogP contribution in [0.25, 0.3) is 0 Å². The fourth-order valence-corrected chi connectivity index (χ4v) is 4.16. The average Bonchev–Trinajstić information content (AvgIpc) is 2.87. The molecular weight excluding hydrogens is 426 g/mol. The smallest absolute Gasteiger partial charge is 0.304 e. The van der Waals surface area contributed by atoms with Gasteiger partial charge in [-0.3, -0.25) is 9.59 Å². The summed E-state index contributed by atoms with van der Waals surface area (Å²) in [5.74, 6) is 5.27. The Morgan fingerprint density at radius 1 is 1.00 bits per heavy atom. The van der Waals surface area contributed by atoms with Crippen molar-refractivity contribution in [2.45, 2.75) is 38.8 Å². The number of ether oxygens (including phenoxy) is 1. The summed E-state index contributed by atoms with van der Waals surface area (Å²) in [6.45, 7) is 3.45. The van der Waals surface area contributed by atoms with Crippen molar-refractivity contribution in [1.82, 2.24) is 4.90 Å². The van der Waals surface area contributed by atoms with E-state index in [0.717, 1.165) is 24.1 Å². The number of carboxylic acids is 1. The summed E-state index contributed by atoms with van der Waals surface area (Å²) in [5.41, 5.74) is 5.03.